The van der Waals surface area contributed by atoms with Crippen molar-refractivity contribution in [3.8, 4) is 5.69 Å². The number of hydrogen-bond acceptors (Lipinski definition) is 2. The summed E-state index contributed by atoms with van der Waals surface area (Å²) in [5.41, 5.74) is 5.33. The van der Waals surface area contributed by atoms with E-state index in [9.17, 15) is 0 Å². The Balaban J connectivity index is 1.56. The number of piperidine rings is 1. The fraction of sp³-hybridized carbons (Fsp3) is 0.500. The molecule has 0 saturated carbocycles. The van der Waals surface area contributed by atoms with Gasteiger partial charge in [0.2, 0.25) is 0 Å². The average molecular weight is 311 g/mol. The minimum Gasteiger partial charge on any atom is -0.318 e. The van der Waals surface area contributed by atoms with Crippen LogP contribution in [0.15, 0.2) is 36.4 Å². The third kappa shape index (κ3) is 4.04. The molecule has 3 nitrogen and oxygen atoms in total. The lowest BCUT2D eigenvalue weighted by molar-refractivity contribution is 0.348. The summed E-state index contributed by atoms with van der Waals surface area (Å²) in [6.45, 7) is 8.91. The summed E-state index contributed by atoms with van der Waals surface area (Å²) in [5, 5.41) is 7.09. The van der Waals surface area contributed by atoms with Gasteiger partial charge in [-0.1, -0.05) is 18.2 Å². The van der Waals surface area contributed by atoms with Crippen molar-refractivity contribution in [2.45, 2.75) is 39.7 Å². The molecule has 2 heterocycles. The van der Waals surface area contributed by atoms with Gasteiger partial charge in [0, 0.05) is 23.6 Å². The molecule has 124 valence electrons. The predicted molar refractivity (Wildman–Crippen MR) is 97.2 cm³/mol. The van der Waals surface area contributed by atoms with E-state index in [0.717, 1.165) is 19.0 Å². The van der Waals surface area contributed by atoms with Crippen LogP contribution in [-0.4, -0.2) is 24.2 Å². The van der Waals surface area contributed by atoms with E-state index in [1.807, 2.05) is 0 Å². The Bertz CT molecular complexity index is 609. The fourth-order valence-corrected chi connectivity index (χ4v) is 3.68. The van der Waals surface area contributed by atoms with Crippen molar-refractivity contribution in [2.24, 2.45) is 5.92 Å². The van der Waals surface area contributed by atoms with Crippen LogP contribution >= 0.6 is 0 Å². The molecule has 1 fully saturated rings. The Morgan fingerprint density at radius 1 is 1.13 bits per heavy atom. The number of nitrogens with zero attached hydrogens (tertiary/aromatic N) is 1. The van der Waals surface area contributed by atoms with E-state index in [-0.39, 0.29) is 0 Å². The zero-order chi connectivity index (χ0) is 16.1. The molecule has 1 aliphatic rings. The number of aryl methyl sites for hydroxylation is 1. The van der Waals surface area contributed by atoms with Crippen molar-refractivity contribution < 1.29 is 0 Å². The number of nitrogens with one attached hydrogen (secondary N) is 2. The summed E-state index contributed by atoms with van der Waals surface area (Å²) in [6, 6.07) is 12.9. The van der Waals surface area contributed by atoms with E-state index in [0.29, 0.717) is 0 Å². The van der Waals surface area contributed by atoms with Gasteiger partial charge < -0.3 is 15.2 Å². The second-order valence-corrected chi connectivity index (χ2v) is 6.73. The molecule has 2 aromatic rings. The quantitative estimate of drug-likeness (QED) is 0.799. The van der Waals surface area contributed by atoms with Crippen LogP contribution in [0.25, 0.3) is 5.69 Å². The lowest BCUT2D eigenvalue weighted by Crippen LogP contribution is -2.29. The maximum atomic E-state index is 3.65. The van der Waals surface area contributed by atoms with E-state index < -0.39 is 0 Å². The van der Waals surface area contributed by atoms with Gasteiger partial charge in [-0.3, -0.25) is 0 Å². The van der Waals surface area contributed by atoms with Gasteiger partial charge in [0.05, 0.1) is 0 Å². The molecule has 0 amide bonds. The van der Waals surface area contributed by atoms with Gasteiger partial charge in [0.1, 0.15) is 0 Å². The zero-order valence-corrected chi connectivity index (χ0v) is 14.4. The van der Waals surface area contributed by atoms with Gasteiger partial charge in [-0.15, -0.1) is 0 Å². The molecular formula is C20H29N3. The maximum absolute atomic E-state index is 3.65. The molecule has 0 unspecified atom stereocenters. The highest BCUT2D eigenvalue weighted by atomic mass is 15.0. The second kappa shape index (κ2) is 7.80. The highest BCUT2D eigenvalue weighted by molar-refractivity contribution is 5.40. The van der Waals surface area contributed by atoms with Crippen molar-refractivity contribution in [2.75, 3.05) is 19.6 Å². The van der Waals surface area contributed by atoms with Crippen molar-refractivity contribution in [1.29, 1.82) is 0 Å². The first-order chi connectivity index (χ1) is 11.3. The molecule has 0 atom stereocenters. The summed E-state index contributed by atoms with van der Waals surface area (Å²) >= 11 is 0. The first-order valence-corrected chi connectivity index (χ1v) is 8.90. The smallest absolute Gasteiger partial charge is 0.0455 e. The van der Waals surface area contributed by atoms with Gasteiger partial charge in [-0.25, -0.2) is 0 Å². The molecular weight excluding hydrogens is 282 g/mol. The molecule has 0 aliphatic carbocycles. The minimum absolute atomic E-state index is 0.903. The van der Waals surface area contributed by atoms with Crippen molar-refractivity contribution in [1.82, 2.24) is 15.2 Å². The number of benzene rings is 1. The molecule has 3 heteroatoms. The van der Waals surface area contributed by atoms with Gasteiger partial charge in [0.15, 0.2) is 0 Å². The fourth-order valence-electron chi connectivity index (χ4n) is 3.68. The molecule has 0 bridgehead atoms. The van der Waals surface area contributed by atoms with Crippen LogP contribution in [0.2, 0.25) is 0 Å². The molecule has 3 rings (SSSR count). The van der Waals surface area contributed by atoms with E-state index in [2.05, 4.69) is 65.4 Å². The van der Waals surface area contributed by atoms with Crippen LogP contribution in [0.3, 0.4) is 0 Å². The molecule has 1 aromatic carbocycles. The molecule has 1 aromatic heterocycles. The topological polar surface area (TPSA) is 29.0 Å². The first-order valence-electron chi connectivity index (χ1n) is 8.90. The molecule has 0 spiro atoms. The average Bonchev–Trinajstić information content (AvgIpc) is 2.87. The lowest BCUT2D eigenvalue weighted by Gasteiger charge is -2.22. The van der Waals surface area contributed by atoms with Crippen molar-refractivity contribution in [3.63, 3.8) is 0 Å². The summed E-state index contributed by atoms with van der Waals surface area (Å²) in [4.78, 5) is 0. The van der Waals surface area contributed by atoms with Crippen molar-refractivity contribution >= 4 is 0 Å². The van der Waals surface area contributed by atoms with Crippen LogP contribution in [0.5, 0.6) is 0 Å². The molecule has 23 heavy (non-hydrogen) atoms. The van der Waals surface area contributed by atoms with Crippen LogP contribution in [0, 0.1) is 19.8 Å². The first kappa shape index (κ1) is 16.3. The summed E-state index contributed by atoms with van der Waals surface area (Å²) in [7, 11) is 0. The lowest BCUT2D eigenvalue weighted by atomic mass is 9.95. The predicted octanol–water partition coefficient (Wildman–Crippen LogP) is 3.57. The Hall–Kier alpha value is -1.58. The SMILES string of the molecule is Cc1cc(CNCCC2CCNCC2)c(C)n1-c1ccccc1. The standard InChI is InChI=1S/C20H29N3/c1-16-14-19(15-22-13-10-18-8-11-21-12-9-18)17(2)23(16)20-6-4-3-5-7-20/h3-7,14,18,21-22H,8-13,15H2,1-2H3. The highest BCUT2D eigenvalue weighted by Crippen LogP contribution is 2.21. The minimum atomic E-state index is 0.903. The van der Waals surface area contributed by atoms with E-state index >= 15 is 0 Å². The highest BCUT2D eigenvalue weighted by Gasteiger charge is 2.13. The largest absolute Gasteiger partial charge is 0.318 e. The van der Waals surface area contributed by atoms with E-state index in [1.165, 1.54) is 55.0 Å². The third-order valence-corrected chi connectivity index (χ3v) is 5.05. The van der Waals surface area contributed by atoms with Crippen LogP contribution in [-0.2, 0) is 6.54 Å². The Kier molecular flexibility index (Phi) is 5.52. The van der Waals surface area contributed by atoms with E-state index in [1.54, 1.807) is 0 Å². The number of para-hydroxylation sites is 1. The van der Waals surface area contributed by atoms with E-state index in [4.69, 9.17) is 0 Å². The third-order valence-electron chi connectivity index (χ3n) is 5.05. The maximum Gasteiger partial charge on any atom is 0.0455 e. The van der Waals surface area contributed by atoms with Crippen LogP contribution in [0.4, 0.5) is 0 Å². The zero-order valence-electron chi connectivity index (χ0n) is 14.4. The Labute approximate surface area is 140 Å². The molecule has 1 saturated heterocycles. The van der Waals surface area contributed by atoms with Crippen molar-refractivity contribution in [3.05, 3.63) is 53.3 Å². The number of aromatic nitrogens is 1. The van der Waals surface area contributed by atoms with Crippen LogP contribution in [0.1, 0.15) is 36.2 Å². The summed E-state index contributed by atoms with van der Waals surface area (Å²) < 4.78 is 2.35. The molecule has 2 N–H and O–H groups in total. The Morgan fingerprint density at radius 3 is 2.61 bits per heavy atom. The molecule has 1 aliphatic heterocycles. The Morgan fingerprint density at radius 2 is 1.87 bits per heavy atom. The number of rotatable bonds is 6. The van der Waals surface area contributed by atoms with Gasteiger partial charge in [-0.05, 0) is 82.4 Å². The van der Waals surface area contributed by atoms with Crippen LogP contribution < -0.4 is 10.6 Å². The monoisotopic (exact) mass is 311 g/mol. The summed E-state index contributed by atoms with van der Waals surface area (Å²) in [6.07, 6.45) is 3.98. The number of hydrogen-bond donors (Lipinski definition) is 2. The summed E-state index contributed by atoms with van der Waals surface area (Å²) in [5.74, 6) is 0.903. The second-order valence-electron chi connectivity index (χ2n) is 6.73. The van der Waals surface area contributed by atoms with Gasteiger partial charge in [0.25, 0.3) is 0 Å². The van der Waals surface area contributed by atoms with Gasteiger partial charge in [-0.2, -0.15) is 0 Å². The normalized spacial score (nSPS) is 15.9. The molecule has 0 radical (unpaired) electrons. The van der Waals surface area contributed by atoms with Gasteiger partial charge >= 0.3 is 0 Å².